The number of aromatic amines is 1. The van der Waals surface area contributed by atoms with Gasteiger partial charge in [-0.05, 0) is 24.3 Å². The monoisotopic (exact) mass is 335 g/mol. The van der Waals surface area contributed by atoms with E-state index in [1.807, 2.05) is 54.6 Å². The van der Waals surface area contributed by atoms with Crippen LogP contribution in [0, 0.1) is 0 Å². The number of nitrogens with one attached hydrogen (secondary N) is 1. The van der Waals surface area contributed by atoms with Gasteiger partial charge in [-0.25, -0.2) is 9.98 Å². The van der Waals surface area contributed by atoms with Crippen molar-refractivity contribution in [2.45, 2.75) is 6.04 Å². The molecule has 1 aliphatic rings. The molecule has 1 unspecified atom stereocenters. The summed E-state index contributed by atoms with van der Waals surface area (Å²) < 4.78 is 0. The summed E-state index contributed by atoms with van der Waals surface area (Å²) in [6.45, 7) is 0. The molecule has 4 rings (SSSR count). The van der Waals surface area contributed by atoms with Gasteiger partial charge in [-0.3, -0.25) is 4.79 Å². The number of hydrogen-bond donors (Lipinski definition) is 1. The molecule has 118 valence electrons. The molecule has 2 aromatic carbocycles. The number of para-hydroxylation sites is 2. The van der Waals surface area contributed by atoms with Gasteiger partial charge in [0.2, 0.25) is 0 Å². The molecular formula is C17H13N5OS. The second-order valence-corrected chi connectivity index (χ2v) is 6.22. The number of thioether (sulfide) groups is 1. The Morgan fingerprint density at radius 3 is 2.62 bits per heavy atom. The fourth-order valence-electron chi connectivity index (χ4n) is 2.41. The van der Waals surface area contributed by atoms with Crippen molar-refractivity contribution < 1.29 is 4.79 Å². The first-order chi connectivity index (χ1) is 11.8. The minimum atomic E-state index is -0.506. The van der Waals surface area contributed by atoms with Gasteiger partial charge in [-0.15, -0.1) is 0 Å². The summed E-state index contributed by atoms with van der Waals surface area (Å²) in [7, 11) is 0. The van der Waals surface area contributed by atoms with Crippen molar-refractivity contribution in [2.24, 2.45) is 15.2 Å². The maximum Gasteiger partial charge on any atom is 0.256 e. The minimum absolute atomic E-state index is 0.147. The average molecular weight is 335 g/mol. The van der Waals surface area contributed by atoms with Gasteiger partial charge in [0.05, 0.1) is 22.5 Å². The van der Waals surface area contributed by atoms with Crippen LogP contribution in [0.25, 0.3) is 11.0 Å². The van der Waals surface area contributed by atoms with E-state index in [0.29, 0.717) is 16.6 Å². The Morgan fingerprint density at radius 2 is 1.88 bits per heavy atom. The summed E-state index contributed by atoms with van der Waals surface area (Å²) >= 11 is 1.39. The van der Waals surface area contributed by atoms with E-state index in [-0.39, 0.29) is 5.91 Å². The Balaban J connectivity index is 1.74. The third-order valence-electron chi connectivity index (χ3n) is 3.52. The Hall–Kier alpha value is -2.80. The highest BCUT2D eigenvalue weighted by atomic mass is 32.2. The van der Waals surface area contributed by atoms with Crippen LogP contribution in [0.5, 0.6) is 0 Å². The molecule has 0 saturated heterocycles. The topological polar surface area (TPSA) is 82.8 Å². The molecule has 1 amide bonds. The predicted molar refractivity (Wildman–Crippen MR) is 94.7 cm³/mol. The number of fused-ring (bicyclic) bond motifs is 1. The highest BCUT2D eigenvalue weighted by Crippen LogP contribution is 2.30. The lowest BCUT2D eigenvalue weighted by Gasteiger charge is -2.07. The van der Waals surface area contributed by atoms with Gasteiger partial charge in [0, 0.05) is 0 Å². The average Bonchev–Trinajstić information content (AvgIpc) is 3.22. The van der Waals surface area contributed by atoms with Crippen LogP contribution in [0.15, 0.2) is 69.8 Å². The largest absolute Gasteiger partial charge is 0.340 e. The minimum Gasteiger partial charge on any atom is -0.340 e. The van der Waals surface area contributed by atoms with E-state index in [9.17, 15) is 4.79 Å². The normalized spacial score (nSPS) is 16.0. The fraction of sp³-hybridized carbons (Fsp3) is 0.118. The van der Waals surface area contributed by atoms with Crippen molar-refractivity contribution >= 4 is 39.4 Å². The first-order valence-corrected chi connectivity index (χ1v) is 8.43. The Morgan fingerprint density at radius 1 is 1.08 bits per heavy atom. The maximum atomic E-state index is 11.5. The first-order valence-electron chi connectivity index (χ1n) is 7.44. The Bertz CT molecular complexity index is 915. The zero-order valence-corrected chi connectivity index (χ0v) is 13.4. The van der Waals surface area contributed by atoms with Crippen molar-refractivity contribution in [3.05, 3.63) is 60.4 Å². The molecule has 1 N–H and O–H groups in total. The van der Waals surface area contributed by atoms with Gasteiger partial charge < -0.3 is 4.98 Å². The third kappa shape index (κ3) is 2.98. The Labute approximate surface area is 142 Å². The fourth-order valence-corrected chi connectivity index (χ4v) is 3.22. The molecule has 0 bridgehead atoms. The molecule has 3 aromatic rings. The molecule has 0 fully saturated rings. The number of hydrogen-bond acceptors (Lipinski definition) is 5. The van der Waals surface area contributed by atoms with E-state index < -0.39 is 6.04 Å². The summed E-state index contributed by atoms with van der Waals surface area (Å²) in [5, 5.41) is 9.31. The van der Waals surface area contributed by atoms with E-state index in [2.05, 4.69) is 25.2 Å². The van der Waals surface area contributed by atoms with E-state index in [1.54, 1.807) is 0 Å². The molecule has 0 radical (unpaired) electrons. The van der Waals surface area contributed by atoms with Crippen molar-refractivity contribution in [1.82, 2.24) is 9.97 Å². The molecule has 7 heteroatoms. The second kappa shape index (κ2) is 6.37. The van der Waals surface area contributed by atoms with E-state index in [4.69, 9.17) is 0 Å². The van der Waals surface area contributed by atoms with Crippen LogP contribution >= 0.6 is 11.8 Å². The Kier molecular flexibility index (Phi) is 3.92. The first kappa shape index (κ1) is 14.8. The smallest absolute Gasteiger partial charge is 0.256 e. The highest BCUT2D eigenvalue weighted by Gasteiger charge is 2.27. The summed E-state index contributed by atoms with van der Waals surface area (Å²) in [4.78, 5) is 23.4. The van der Waals surface area contributed by atoms with Crippen molar-refractivity contribution in [3.63, 3.8) is 0 Å². The number of nitrogens with zero attached hydrogens (tertiary/aromatic N) is 4. The van der Waals surface area contributed by atoms with Crippen LogP contribution in [0.2, 0.25) is 0 Å². The third-order valence-corrected chi connectivity index (χ3v) is 4.53. The van der Waals surface area contributed by atoms with E-state index in [1.165, 1.54) is 11.8 Å². The summed E-state index contributed by atoms with van der Waals surface area (Å²) in [5.74, 6) is 0.829. The standard InChI is InChI=1S/C17H13N5OS/c23-14-10-24-17(20-14)15(22-21-11-6-2-1-3-7-11)16-18-12-8-4-5-9-13(12)19-16/h1-9,15H,10H2,(H,18,19). The number of aromatic nitrogens is 2. The van der Waals surface area contributed by atoms with Gasteiger partial charge >= 0.3 is 0 Å². The highest BCUT2D eigenvalue weighted by molar-refractivity contribution is 8.15. The number of amides is 1. The molecule has 0 spiro atoms. The molecule has 24 heavy (non-hydrogen) atoms. The molecule has 1 atom stereocenters. The van der Waals surface area contributed by atoms with Crippen molar-refractivity contribution in [1.29, 1.82) is 0 Å². The number of aliphatic imine (C=N–C) groups is 1. The predicted octanol–water partition coefficient (Wildman–Crippen LogP) is 4.06. The zero-order chi connectivity index (χ0) is 16.4. The quantitative estimate of drug-likeness (QED) is 0.730. The lowest BCUT2D eigenvalue weighted by molar-refractivity contribution is -0.115. The summed E-state index contributed by atoms with van der Waals surface area (Å²) in [6, 6.07) is 16.7. The molecule has 1 aromatic heterocycles. The number of carbonyl (C=O) groups excluding carboxylic acids is 1. The van der Waals surface area contributed by atoms with Crippen LogP contribution in [0.4, 0.5) is 5.69 Å². The van der Waals surface area contributed by atoms with Crippen molar-refractivity contribution in [2.75, 3.05) is 5.75 Å². The van der Waals surface area contributed by atoms with E-state index >= 15 is 0 Å². The van der Waals surface area contributed by atoms with Gasteiger partial charge in [0.15, 0.2) is 6.04 Å². The summed E-state index contributed by atoms with van der Waals surface area (Å²) in [6.07, 6.45) is 0. The van der Waals surface area contributed by atoms with Crippen LogP contribution in [-0.2, 0) is 4.79 Å². The number of H-pyrrole nitrogens is 1. The van der Waals surface area contributed by atoms with Crippen LogP contribution in [0.3, 0.4) is 0 Å². The molecule has 2 heterocycles. The number of rotatable bonds is 4. The summed E-state index contributed by atoms with van der Waals surface area (Å²) in [5.41, 5.74) is 2.51. The van der Waals surface area contributed by atoms with Gasteiger partial charge in [0.25, 0.3) is 5.91 Å². The molecule has 0 aliphatic carbocycles. The van der Waals surface area contributed by atoms with E-state index in [0.717, 1.165) is 16.7 Å². The van der Waals surface area contributed by atoms with Crippen LogP contribution in [0.1, 0.15) is 11.9 Å². The number of benzene rings is 2. The lowest BCUT2D eigenvalue weighted by atomic mass is 10.3. The molecular weight excluding hydrogens is 322 g/mol. The van der Waals surface area contributed by atoms with Gasteiger partial charge in [-0.2, -0.15) is 10.2 Å². The molecule has 6 nitrogen and oxygen atoms in total. The SMILES string of the molecule is O=C1CSC(C(N=Nc2ccccc2)c2nc3ccccc3[nH]2)=N1. The number of imidazole rings is 1. The maximum absolute atomic E-state index is 11.5. The zero-order valence-electron chi connectivity index (χ0n) is 12.6. The number of azo groups is 1. The molecule has 0 saturated carbocycles. The lowest BCUT2D eigenvalue weighted by Crippen LogP contribution is -2.06. The number of carbonyl (C=O) groups is 1. The van der Waals surface area contributed by atoms with Crippen molar-refractivity contribution in [3.8, 4) is 0 Å². The van der Waals surface area contributed by atoms with Crippen LogP contribution < -0.4 is 0 Å². The molecule has 1 aliphatic heterocycles. The van der Waals surface area contributed by atoms with Gasteiger partial charge in [-0.1, -0.05) is 42.1 Å². The van der Waals surface area contributed by atoms with Crippen LogP contribution in [-0.4, -0.2) is 26.7 Å². The second-order valence-electron chi connectivity index (χ2n) is 5.23. The van der Waals surface area contributed by atoms with Gasteiger partial charge in [0.1, 0.15) is 10.9 Å².